The first-order chi connectivity index (χ1) is 8.74. The maximum absolute atomic E-state index is 5.77. The Morgan fingerprint density at radius 3 is 2.67 bits per heavy atom. The summed E-state index contributed by atoms with van der Waals surface area (Å²) in [6, 6.07) is 12.2. The van der Waals surface area contributed by atoms with E-state index in [0.717, 1.165) is 20.2 Å². The minimum Gasteiger partial charge on any atom is -0.430 e. The molecule has 0 fully saturated rings. The zero-order chi connectivity index (χ0) is 12.5. The van der Waals surface area contributed by atoms with Crippen molar-refractivity contribution in [3.63, 3.8) is 0 Å². The quantitative estimate of drug-likeness (QED) is 0.572. The predicted molar refractivity (Wildman–Crippen MR) is 81.5 cm³/mol. The van der Waals surface area contributed by atoms with E-state index in [1.165, 1.54) is 16.7 Å². The topological polar surface area (TPSA) is 22.1 Å². The number of hydrogen-bond donors (Lipinski definition) is 0. The van der Waals surface area contributed by atoms with Crippen LogP contribution in [0.2, 0.25) is 0 Å². The molecule has 2 aromatic carbocycles. The number of hydrogen-bond acceptors (Lipinski definition) is 3. The third kappa shape index (κ3) is 2.30. The fraction of sp³-hybridized carbons (Fsp3) is 0. The van der Waals surface area contributed by atoms with Gasteiger partial charge in [0.1, 0.15) is 10.4 Å². The number of thiazole rings is 1. The highest BCUT2D eigenvalue weighted by Crippen LogP contribution is 2.36. The molecule has 0 aliphatic carbocycles. The van der Waals surface area contributed by atoms with Gasteiger partial charge in [0.05, 0.1) is 4.47 Å². The van der Waals surface area contributed by atoms with Crippen molar-refractivity contribution >= 4 is 54.0 Å². The zero-order valence-corrected chi connectivity index (χ0v) is 13.0. The average molecular weight is 385 g/mol. The molecule has 0 aliphatic rings. The van der Waals surface area contributed by atoms with Gasteiger partial charge in [-0.25, -0.2) is 0 Å². The molecule has 0 saturated carbocycles. The molecule has 0 aliphatic heterocycles. The Morgan fingerprint density at radius 1 is 1.06 bits per heavy atom. The molecular formula is C13H7Br2NOS. The van der Waals surface area contributed by atoms with Gasteiger partial charge in [-0.1, -0.05) is 41.7 Å². The lowest BCUT2D eigenvalue weighted by Gasteiger charge is -2.07. The maximum Gasteiger partial charge on any atom is 0.279 e. The molecule has 1 heterocycles. The van der Waals surface area contributed by atoms with Gasteiger partial charge < -0.3 is 4.74 Å². The molecule has 0 radical (unpaired) electrons. The summed E-state index contributed by atoms with van der Waals surface area (Å²) >= 11 is 8.36. The number of halogens is 2. The smallest absolute Gasteiger partial charge is 0.279 e. The van der Waals surface area contributed by atoms with Crippen molar-refractivity contribution < 1.29 is 4.74 Å². The second kappa shape index (κ2) is 4.99. The van der Waals surface area contributed by atoms with Crippen LogP contribution < -0.4 is 4.74 Å². The van der Waals surface area contributed by atoms with Gasteiger partial charge in [-0.3, -0.25) is 0 Å². The van der Waals surface area contributed by atoms with E-state index in [4.69, 9.17) is 4.74 Å². The minimum atomic E-state index is 0.623. The van der Waals surface area contributed by atoms with Gasteiger partial charge in [0.15, 0.2) is 0 Å². The molecule has 1 aromatic heterocycles. The molecule has 0 saturated heterocycles. The van der Waals surface area contributed by atoms with Gasteiger partial charge in [0.25, 0.3) is 5.19 Å². The van der Waals surface area contributed by atoms with E-state index in [9.17, 15) is 0 Å². The Labute approximate surface area is 125 Å². The van der Waals surface area contributed by atoms with E-state index in [2.05, 4.69) is 49.0 Å². The summed E-state index contributed by atoms with van der Waals surface area (Å²) in [4.78, 5) is 4.22. The highest BCUT2D eigenvalue weighted by atomic mass is 79.9. The van der Waals surface area contributed by atoms with Crippen LogP contribution in [0.4, 0.5) is 0 Å². The summed E-state index contributed by atoms with van der Waals surface area (Å²) in [5.74, 6) is 0.774. The summed E-state index contributed by atoms with van der Waals surface area (Å²) < 4.78 is 7.51. The largest absolute Gasteiger partial charge is 0.430 e. The molecule has 3 rings (SSSR count). The van der Waals surface area contributed by atoms with Crippen molar-refractivity contribution in [2.24, 2.45) is 0 Å². The van der Waals surface area contributed by atoms with E-state index in [1.54, 1.807) is 0 Å². The molecule has 18 heavy (non-hydrogen) atoms. The zero-order valence-electron chi connectivity index (χ0n) is 9.06. The van der Waals surface area contributed by atoms with Gasteiger partial charge in [-0.05, 0) is 48.7 Å². The molecule has 0 bridgehead atoms. The first kappa shape index (κ1) is 12.1. The van der Waals surface area contributed by atoms with Gasteiger partial charge >= 0.3 is 0 Å². The van der Waals surface area contributed by atoms with Gasteiger partial charge in [-0.2, -0.15) is 4.98 Å². The van der Waals surface area contributed by atoms with Crippen molar-refractivity contribution in [3.8, 4) is 10.9 Å². The van der Waals surface area contributed by atoms with Gasteiger partial charge in [0.2, 0.25) is 0 Å². The van der Waals surface area contributed by atoms with Crippen molar-refractivity contribution in [1.82, 2.24) is 4.98 Å². The maximum atomic E-state index is 5.77. The fourth-order valence-corrected chi connectivity index (χ4v) is 3.34. The molecule has 0 amide bonds. The molecule has 3 aromatic rings. The standard InChI is InChI=1S/C13H7Br2NOS/c14-11-7-18-13(16-11)17-10-6-5-8-3-1-2-4-9(8)12(10)15/h1-7H. The molecule has 0 N–H and O–H groups in total. The van der Waals surface area contributed by atoms with Crippen LogP contribution in [-0.4, -0.2) is 4.98 Å². The Balaban J connectivity index is 2.04. The van der Waals surface area contributed by atoms with E-state index in [1.807, 2.05) is 29.6 Å². The van der Waals surface area contributed by atoms with Crippen molar-refractivity contribution in [3.05, 3.63) is 50.9 Å². The predicted octanol–water partition coefficient (Wildman–Crippen LogP) is 5.61. The first-order valence-electron chi connectivity index (χ1n) is 5.20. The van der Waals surface area contributed by atoms with Crippen molar-refractivity contribution in [1.29, 1.82) is 0 Å². The van der Waals surface area contributed by atoms with Crippen LogP contribution in [0.25, 0.3) is 10.8 Å². The highest BCUT2D eigenvalue weighted by Gasteiger charge is 2.09. The molecular weight excluding hydrogens is 378 g/mol. The van der Waals surface area contributed by atoms with Crippen molar-refractivity contribution in [2.45, 2.75) is 0 Å². The number of rotatable bonds is 2. The van der Waals surface area contributed by atoms with Crippen LogP contribution in [0.5, 0.6) is 10.9 Å². The minimum absolute atomic E-state index is 0.623. The Hall–Kier alpha value is -0.910. The lowest BCUT2D eigenvalue weighted by molar-refractivity contribution is 0.476. The number of benzene rings is 2. The molecule has 5 heteroatoms. The molecule has 0 unspecified atom stereocenters. The Kier molecular flexibility index (Phi) is 3.37. The summed E-state index contributed by atoms with van der Waals surface area (Å²) in [7, 11) is 0. The third-order valence-corrected chi connectivity index (χ3v) is 4.72. The third-order valence-electron chi connectivity index (χ3n) is 2.48. The van der Waals surface area contributed by atoms with Crippen LogP contribution in [0.1, 0.15) is 0 Å². The number of ether oxygens (including phenoxy) is 1. The summed E-state index contributed by atoms with van der Waals surface area (Å²) in [5.41, 5.74) is 0. The molecule has 90 valence electrons. The number of nitrogens with zero attached hydrogens (tertiary/aromatic N) is 1. The normalized spacial score (nSPS) is 10.8. The van der Waals surface area contributed by atoms with Crippen LogP contribution in [0.15, 0.2) is 50.9 Å². The monoisotopic (exact) mass is 383 g/mol. The highest BCUT2D eigenvalue weighted by molar-refractivity contribution is 9.11. The Bertz CT molecular complexity index is 711. The van der Waals surface area contributed by atoms with Crippen LogP contribution >= 0.6 is 43.2 Å². The summed E-state index contributed by atoms with van der Waals surface area (Å²) in [6.07, 6.45) is 0. The van der Waals surface area contributed by atoms with E-state index in [-0.39, 0.29) is 0 Å². The molecule has 0 atom stereocenters. The Morgan fingerprint density at radius 2 is 1.89 bits per heavy atom. The molecule has 0 spiro atoms. The first-order valence-corrected chi connectivity index (χ1v) is 7.67. The van der Waals surface area contributed by atoms with Gasteiger partial charge in [0, 0.05) is 5.38 Å². The summed E-state index contributed by atoms with van der Waals surface area (Å²) in [5, 5.41) is 4.82. The average Bonchev–Trinajstić information content (AvgIpc) is 2.79. The SMILES string of the molecule is Brc1csc(Oc2ccc3ccccc3c2Br)n1. The van der Waals surface area contributed by atoms with Crippen LogP contribution in [0.3, 0.4) is 0 Å². The number of aromatic nitrogens is 1. The molecule has 2 nitrogen and oxygen atoms in total. The summed E-state index contributed by atoms with van der Waals surface area (Å²) in [6.45, 7) is 0. The van der Waals surface area contributed by atoms with Crippen molar-refractivity contribution in [2.75, 3.05) is 0 Å². The van der Waals surface area contributed by atoms with Crippen LogP contribution in [0, 0.1) is 0 Å². The van der Waals surface area contributed by atoms with E-state index >= 15 is 0 Å². The van der Waals surface area contributed by atoms with E-state index < -0.39 is 0 Å². The lowest BCUT2D eigenvalue weighted by Crippen LogP contribution is -1.85. The fourth-order valence-electron chi connectivity index (χ4n) is 1.67. The van der Waals surface area contributed by atoms with E-state index in [0.29, 0.717) is 5.19 Å². The lowest BCUT2D eigenvalue weighted by atomic mass is 10.1. The second-order valence-electron chi connectivity index (χ2n) is 3.64. The second-order valence-corrected chi connectivity index (χ2v) is 6.06. The number of fused-ring (bicyclic) bond motifs is 1. The van der Waals surface area contributed by atoms with Gasteiger partial charge in [-0.15, -0.1) is 0 Å². The van der Waals surface area contributed by atoms with Crippen LogP contribution in [-0.2, 0) is 0 Å².